The summed E-state index contributed by atoms with van der Waals surface area (Å²) in [5, 5.41) is 11.2. The molecule has 3 fully saturated rings. The van der Waals surface area contributed by atoms with E-state index in [1.54, 1.807) is 0 Å². The molecule has 0 aliphatic carbocycles. The van der Waals surface area contributed by atoms with Gasteiger partial charge >= 0.3 is 0 Å². The van der Waals surface area contributed by atoms with Crippen molar-refractivity contribution in [2.75, 3.05) is 0 Å². The molecule has 4 nitrogen and oxygen atoms in total. The van der Waals surface area contributed by atoms with Crippen molar-refractivity contribution in [3.05, 3.63) is 0 Å². The summed E-state index contributed by atoms with van der Waals surface area (Å²) in [6, 6.07) is 0. The molecule has 4 heteroatoms. The lowest BCUT2D eigenvalue weighted by atomic mass is 9.79. The SMILES string of the molecule is CC1(C)CCCC(C)(C)N1N(N1C(C)(C)CCCC1(C)C)N1C(C)(C)CCCC1(C)C. The average molecular weight is 435 g/mol. The molecule has 0 unspecified atom stereocenters. The molecule has 3 heterocycles. The summed E-state index contributed by atoms with van der Waals surface area (Å²) in [5.74, 6) is 0. The number of rotatable bonds is 3. The predicted octanol–water partition coefficient (Wildman–Crippen LogP) is 7.16. The molecule has 3 rings (SSSR count). The second kappa shape index (κ2) is 7.68. The van der Waals surface area contributed by atoms with Crippen LogP contribution in [0.1, 0.15) is 141 Å². The molecule has 3 saturated heterocycles. The van der Waals surface area contributed by atoms with Gasteiger partial charge in [0.1, 0.15) is 0 Å². The van der Waals surface area contributed by atoms with Crippen molar-refractivity contribution in [3.63, 3.8) is 0 Å². The van der Waals surface area contributed by atoms with E-state index in [1.807, 2.05) is 0 Å². The van der Waals surface area contributed by atoms with E-state index < -0.39 is 0 Å². The van der Waals surface area contributed by atoms with Gasteiger partial charge in [0.25, 0.3) is 0 Å². The van der Waals surface area contributed by atoms with Crippen LogP contribution in [0.5, 0.6) is 0 Å². The fourth-order valence-electron chi connectivity index (χ4n) is 7.68. The first-order valence-electron chi connectivity index (χ1n) is 13.1. The first-order valence-corrected chi connectivity index (χ1v) is 13.1. The zero-order valence-electron chi connectivity index (χ0n) is 23.2. The highest BCUT2D eigenvalue weighted by molar-refractivity contribution is 5.03. The van der Waals surface area contributed by atoms with Crippen LogP contribution in [0.25, 0.3) is 0 Å². The third kappa shape index (κ3) is 4.48. The molecular formula is C27H54N4. The van der Waals surface area contributed by atoms with Gasteiger partial charge in [-0.15, -0.1) is 5.23 Å². The molecule has 0 aromatic rings. The molecule has 0 amide bonds. The summed E-state index contributed by atoms with van der Waals surface area (Å²) < 4.78 is 0. The summed E-state index contributed by atoms with van der Waals surface area (Å²) in [4.78, 5) is 0. The Labute approximate surface area is 194 Å². The van der Waals surface area contributed by atoms with Crippen molar-refractivity contribution >= 4 is 0 Å². The average Bonchev–Trinajstić information content (AvgIpc) is 2.48. The van der Waals surface area contributed by atoms with E-state index >= 15 is 0 Å². The van der Waals surface area contributed by atoms with Gasteiger partial charge in [0.05, 0.1) is 0 Å². The summed E-state index contributed by atoms with van der Waals surface area (Å²) in [6.07, 6.45) is 11.4. The summed E-state index contributed by atoms with van der Waals surface area (Å²) in [7, 11) is 0. The van der Waals surface area contributed by atoms with Gasteiger partial charge in [-0.3, -0.25) is 0 Å². The van der Waals surface area contributed by atoms with Crippen molar-refractivity contribution in [1.29, 1.82) is 0 Å². The second-order valence-corrected chi connectivity index (χ2v) is 14.6. The maximum atomic E-state index is 2.81. The molecule has 0 aromatic heterocycles. The molecule has 3 aliphatic rings. The number of hydrazine groups is 3. The molecule has 0 saturated carbocycles. The molecule has 0 bridgehead atoms. The molecule has 0 N–H and O–H groups in total. The number of hydrogen-bond acceptors (Lipinski definition) is 4. The van der Waals surface area contributed by atoms with E-state index in [4.69, 9.17) is 0 Å². The van der Waals surface area contributed by atoms with Crippen LogP contribution < -0.4 is 0 Å². The van der Waals surface area contributed by atoms with Crippen LogP contribution in [0.2, 0.25) is 0 Å². The Morgan fingerprint density at radius 3 is 0.677 bits per heavy atom. The lowest BCUT2D eigenvalue weighted by molar-refractivity contribution is -0.444. The van der Waals surface area contributed by atoms with Gasteiger partial charge in [0, 0.05) is 33.2 Å². The van der Waals surface area contributed by atoms with Gasteiger partial charge in [0.2, 0.25) is 0 Å². The van der Waals surface area contributed by atoms with E-state index in [0.29, 0.717) is 0 Å². The third-order valence-electron chi connectivity index (χ3n) is 8.71. The van der Waals surface area contributed by atoms with Crippen LogP contribution in [0, 0.1) is 0 Å². The minimum absolute atomic E-state index is 0.106. The molecule has 182 valence electrons. The molecule has 0 spiro atoms. The zero-order chi connectivity index (χ0) is 23.7. The first kappa shape index (κ1) is 25.5. The highest BCUT2D eigenvalue weighted by atomic mass is 16.1. The highest BCUT2D eigenvalue weighted by Gasteiger charge is 2.59. The number of hydrogen-bond donors (Lipinski definition) is 0. The molecule has 0 atom stereocenters. The van der Waals surface area contributed by atoms with E-state index in [-0.39, 0.29) is 33.2 Å². The van der Waals surface area contributed by atoms with Crippen LogP contribution in [0.3, 0.4) is 0 Å². The van der Waals surface area contributed by atoms with E-state index in [0.717, 1.165) is 0 Å². The van der Waals surface area contributed by atoms with Gasteiger partial charge in [-0.25, -0.2) is 15.0 Å². The summed E-state index contributed by atoms with van der Waals surface area (Å²) >= 11 is 0. The van der Waals surface area contributed by atoms with Gasteiger partial charge in [0.15, 0.2) is 0 Å². The highest BCUT2D eigenvalue weighted by Crippen LogP contribution is 2.50. The van der Waals surface area contributed by atoms with Crippen molar-refractivity contribution < 1.29 is 0 Å². The van der Waals surface area contributed by atoms with E-state index in [1.165, 1.54) is 57.8 Å². The minimum Gasteiger partial charge on any atom is -0.202 e. The second-order valence-electron chi connectivity index (χ2n) is 14.6. The normalized spacial score (nSPS) is 32.8. The smallest absolute Gasteiger partial charge is 0.0333 e. The van der Waals surface area contributed by atoms with Crippen molar-refractivity contribution in [3.8, 4) is 0 Å². The molecule has 0 aromatic carbocycles. The lowest BCUT2D eigenvalue weighted by Gasteiger charge is -2.71. The zero-order valence-corrected chi connectivity index (χ0v) is 23.2. The maximum Gasteiger partial charge on any atom is 0.0333 e. The quantitative estimate of drug-likeness (QED) is 0.467. The largest absolute Gasteiger partial charge is 0.202 e. The Bertz CT molecular complexity index is 520. The first-order chi connectivity index (χ1) is 13.9. The molecular weight excluding hydrogens is 380 g/mol. The fraction of sp³-hybridized carbons (Fsp3) is 1.00. The van der Waals surface area contributed by atoms with Gasteiger partial charge in [-0.1, -0.05) is 0 Å². The Morgan fingerprint density at radius 2 is 0.516 bits per heavy atom. The predicted molar refractivity (Wildman–Crippen MR) is 133 cm³/mol. The number of nitrogens with zero attached hydrogens (tertiary/aromatic N) is 4. The molecule has 0 radical (unpaired) electrons. The standard InChI is InChI=1S/C27H54N4/c1-22(2)16-13-17-23(3,4)28(22)31(29-24(5,6)18-14-19-25(29,7)8)30-26(9,10)20-15-21-27(30,11)12/h13-21H2,1-12H3. The Balaban J connectivity index is 2.28. The van der Waals surface area contributed by atoms with Crippen LogP contribution in [0.4, 0.5) is 0 Å². The van der Waals surface area contributed by atoms with Crippen LogP contribution in [-0.2, 0) is 0 Å². The van der Waals surface area contributed by atoms with Gasteiger partial charge in [-0.05, 0) is 141 Å². The van der Waals surface area contributed by atoms with Gasteiger partial charge < -0.3 is 0 Å². The number of piperidine rings is 3. The van der Waals surface area contributed by atoms with Crippen LogP contribution >= 0.6 is 0 Å². The Kier molecular flexibility index (Phi) is 6.31. The van der Waals surface area contributed by atoms with Crippen LogP contribution in [-0.4, -0.2) is 53.5 Å². The van der Waals surface area contributed by atoms with E-state index in [2.05, 4.69) is 103 Å². The van der Waals surface area contributed by atoms with Crippen molar-refractivity contribution in [2.45, 2.75) is 174 Å². The van der Waals surface area contributed by atoms with Crippen molar-refractivity contribution in [2.24, 2.45) is 0 Å². The third-order valence-corrected chi connectivity index (χ3v) is 8.71. The molecule has 31 heavy (non-hydrogen) atoms. The van der Waals surface area contributed by atoms with Gasteiger partial charge in [-0.2, -0.15) is 0 Å². The topological polar surface area (TPSA) is 13.0 Å². The Hall–Kier alpha value is -0.160. The van der Waals surface area contributed by atoms with Crippen LogP contribution in [0.15, 0.2) is 0 Å². The van der Waals surface area contributed by atoms with Crippen molar-refractivity contribution in [1.82, 2.24) is 20.3 Å². The monoisotopic (exact) mass is 434 g/mol. The maximum absolute atomic E-state index is 2.81. The molecule has 3 aliphatic heterocycles. The minimum atomic E-state index is 0.106. The van der Waals surface area contributed by atoms with E-state index in [9.17, 15) is 0 Å². The lowest BCUT2D eigenvalue weighted by Crippen LogP contribution is -2.83. The fourth-order valence-corrected chi connectivity index (χ4v) is 7.68. The Morgan fingerprint density at radius 1 is 0.355 bits per heavy atom. The summed E-state index contributed by atoms with van der Waals surface area (Å²) in [6.45, 7) is 29.8. The summed E-state index contributed by atoms with van der Waals surface area (Å²) in [5.41, 5.74) is 0.637.